The van der Waals surface area contributed by atoms with Gasteiger partial charge in [-0.1, -0.05) is 121 Å². The van der Waals surface area contributed by atoms with Crippen molar-refractivity contribution >= 4 is 51.0 Å². The van der Waals surface area contributed by atoms with Crippen LogP contribution in [0.25, 0.3) is 28.0 Å². The van der Waals surface area contributed by atoms with Crippen molar-refractivity contribution in [3.05, 3.63) is 187 Å². The van der Waals surface area contributed by atoms with E-state index < -0.39 is 0 Å². The van der Waals surface area contributed by atoms with Gasteiger partial charge in [-0.3, -0.25) is 0 Å². The molecule has 0 aromatic heterocycles. The van der Waals surface area contributed by atoms with Crippen molar-refractivity contribution in [1.82, 2.24) is 0 Å². The Hall–Kier alpha value is -5.86. The van der Waals surface area contributed by atoms with E-state index >= 15 is 0 Å². The maximum atomic E-state index is 2.43. The maximum Gasteiger partial charge on any atom is 0.0540 e. The lowest BCUT2D eigenvalue weighted by Crippen LogP contribution is -2.13. The fraction of sp³-hybridized carbons (Fsp3) is 0.0667. The Kier molecular flexibility index (Phi) is 6.71. The number of benzene rings is 7. The van der Waals surface area contributed by atoms with Crippen molar-refractivity contribution in [2.24, 2.45) is 5.92 Å². The summed E-state index contributed by atoms with van der Waals surface area (Å²) in [5.74, 6) is 1.31. The molecule has 7 aromatic rings. The molecule has 224 valence electrons. The Morgan fingerprint density at radius 3 is 1.60 bits per heavy atom. The zero-order valence-corrected chi connectivity index (χ0v) is 26.1. The van der Waals surface area contributed by atoms with Crippen molar-refractivity contribution in [1.29, 1.82) is 0 Å². The van der Waals surface area contributed by atoms with Gasteiger partial charge in [0, 0.05) is 28.1 Å². The van der Waals surface area contributed by atoms with Crippen LogP contribution >= 0.6 is 0 Å². The molecule has 2 atom stereocenters. The average molecular weight is 603 g/mol. The third kappa shape index (κ3) is 4.99. The van der Waals surface area contributed by atoms with Gasteiger partial charge < -0.3 is 9.80 Å². The summed E-state index contributed by atoms with van der Waals surface area (Å²) in [6.45, 7) is 0. The molecule has 0 amide bonds. The zero-order chi connectivity index (χ0) is 31.2. The van der Waals surface area contributed by atoms with Gasteiger partial charge in [0.15, 0.2) is 0 Å². The van der Waals surface area contributed by atoms with Gasteiger partial charge in [-0.15, -0.1) is 0 Å². The molecule has 2 nitrogen and oxygen atoms in total. The largest absolute Gasteiger partial charge is 0.310 e. The molecular weight excluding hydrogens is 569 g/mol. The second-order valence-corrected chi connectivity index (χ2v) is 12.6. The van der Waals surface area contributed by atoms with Gasteiger partial charge in [0.25, 0.3) is 0 Å². The first-order valence-electron chi connectivity index (χ1n) is 16.5. The zero-order valence-electron chi connectivity index (χ0n) is 26.1. The topological polar surface area (TPSA) is 6.48 Å². The molecular formula is C45H34N2. The summed E-state index contributed by atoms with van der Waals surface area (Å²) in [4.78, 5) is 4.79. The molecule has 7 aromatic carbocycles. The van der Waals surface area contributed by atoms with Gasteiger partial charge in [-0.25, -0.2) is 0 Å². The Bertz CT molecular complexity index is 2210. The number of rotatable bonds is 7. The number of para-hydroxylation sites is 2. The number of allylic oxidation sites excluding steroid dienone is 1. The smallest absolute Gasteiger partial charge is 0.0540 e. The quantitative estimate of drug-likeness (QED) is 0.179. The second-order valence-electron chi connectivity index (χ2n) is 12.6. The van der Waals surface area contributed by atoms with E-state index in [-0.39, 0.29) is 0 Å². The van der Waals surface area contributed by atoms with Gasteiger partial charge in [0.05, 0.1) is 11.4 Å². The number of fused-ring (bicyclic) bond motifs is 4. The van der Waals surface area contributed by atoms with E-state index in [2.05, 4.69) is 192 Å². The van der Waals surface area contributed by atoms with Crippen LogP contribution in [-0.2, 0) is 0 Å². The third-order valence-electron chi connectivity index (χ3n) is 9.71. The van der Waals surface area contributed by atoms with Crippen LogP contribution in [0.1, 0.15) is 23.5 Å². The lowest BCUT2D eigenvalue weighted by atomic mass is 9.94. The monoisotopic (exact) mass is 602 g/mol. The molecule has 47 heavy (non-hydrogen) atoms. The summed E-state index contributed by atoms with van der Waals surface area (Å²) in [6, 6.07) is 61.3. The van der Waals surface area contributed by atoms with Crippen molar-refractivity contribution in [2.75, 3.05) is 9.80 Å². The molecule has 1 fully saturated rings. The molecule has 0 radical (unpaired) electrons. The summed E-state index contributed by atoms with van der Waals surface area (Å²) in [7, 11) is 0. The van der Waals surface area contributed by atoms with Crippen LogP contribution in [0.2, 0.25) is 0 Å². The molecule has 2 aliphatic carbocycles. The fourth-order valence-electron chi connectivity index (χ4n) is 7.32. The minimum Gasteiger partial charge on any atom is -0.310 e. The highest BCUT2D eigenvalue weighted by Gasteiger charge is 2.41. The SMILES string of the molecule is C1=CC2CC2c2c1cccc2N(c1ccccc1)c1ccc(-c2ccc(N(c3ccccc3)c3cccc4ccccc34)cc2)cc1. The van der Waals surface area contributed by atoms with E-state index in [1.54, 1.807) is 0 Å². The van der Waals surface area contributed by atoms with Crippen molar-refractivity contribution in [2.45, 2.75) is 12.3 Å². The van der Waals surface area contributed by atoms with Crippen molar-refractivity contribution in [3.63, 3.8) is 0 Å². The molecule has 0 aliphatic heterocycles. The van der Waals surface area contributed by atoms with E-state index in [1.165, 1.54) is 62.2 Å². The predicted molar refractivity (Wildman–Crippen MR) is 199 cm³/mol. The number of nitrogens with zero attached hydrogens (tertiary/aromatic N) is 2. The summed E-state index contributed by atoms with van der Waals surface area (Å²) in [6.07, 6.45) is 5.97. The average Bonchev–Trinajstić information content (AvgIpc) is 3.94. The van der Waals surface area contributed by atoms with E-state index in [1.807, 2.05) is 0 Å². The Balaban J connectivity index is 1.07. The highest BCUT2D eigenvalue weighted by atomic mass is 15.1. The Morgan fingerprint density at radius 2 is 0.936 bits per heavy atom. The first-order valence-corrected chi connectivity index (χ1v) is 16.5. The van der Waals surface area contributed by atoms with Crippen LogP contribution in [0.15, 0.2) is 176 Å². The highest BCUT2D eigenvalue weighted by molar-refractivity contribution is 5.99. The molecule has 0 saturated heterocycles. The van der Waals surface area contributed by atoms with Crippen LogP contribution in [0, 0.1) is 5.92 Å². The molecule has 2 aliphatic rings. The molecule has 0 heterocycles. The summed E-state index contributed by atoms with van der Waals surface area (Å²) >= 11 is 0. The minimum atomic E-state index is 0.625. The lowest BCUT2D eigenvalue weighted by Gasteiger charge is -2.29. The van der Waals surface area contributed by atoms with Gasteiger partial charge in [-0.05, 0) is 107 Å². The summed E-state index contributed by atoms with van der Waals surface area (Å²) < 4.78 is 0. The predicted octanol–water partition coefficient (Wildman–Crippen LogP) is 12.6. The minimum absolute atomic E-state index is 0.625. The summed E-state index contributed by atoms with van der Waals surface area (Å²) in [5, 5.41) is 2.46. The number of hydrogen-bond donors (Lipinski definition) is 0. The fourth-order valence-corrected chi connectivity index (χ4v) is 7.32. The first-order chi connectivity index (χ1) is 23.3. The van der Waals surface area contributed by atoms with Crippen molar-refractivity contribution in [3.8, 4) is 11.1 Å². The van der Waals surface area contributed by atoms with Crippen LogP contribution in [0.5, 0.6) is 0 Å². The Morgan fingerprint density at radius 1 is 0.426 bits per heavy atom. The molecule has 0 N–H and O–H groups in total. The molecule has 9 rings (SSSR count). The molecule has 1 saturated carbocycles. The van der Waals surface area contributed by atoms with Gasteiger partial charge in [0.1, 0.15) is 0 Å². The molecule has 2 unspecified atom stereocenters. The van der Waals surface area contributed by atoms with Crippen LogP contribution in [-0.4, -0.2) is 0 Å². The Labute approximate surface area is 276 Å². The molecule has 0 spiro atoms. The maximum absolute atomic E-state index is 2.43. The number of hydrogen-bond acceptors (Lipinski definition) is 2. The third-order valence-corrected chi connectivity index (χ3v) is 9.71. The van der Waals surface area contributed by atoms with E-state index in [0.717, 1.165) is 11.4 Å². The van der Waals surface area contributed by atoms with E-state index in [9.17, 15) is 0 Å². The second kappa shape index (κ2) is 11.5. The van der Waals surface area contributed by atoms with Gasteiger partial charge in [-0.2, -0.15) is 0 Å². The lowest BCUT2D eigenvalue weighted by molar-refractivity contribution is 0.989. The normalized spacial score (nSPS) is 15.9. The van der Waals surface area contributed by atoms with E-state index in [0.29, 0.717) is 11.8 Å². The molecule has 2 heteroatoms. The van der Waals surface area contributed by atoms with Gasteiger partial charge >= 0.3 is 0 Å². The molecule has 0 bridgehead atoms. The first kappa shape index (κ1) is 27.5. The number of anilines is 6. The van der Waals surface area contributed by atoms with E-state index in [4.69, 9.17) is 0 Å². The summed E-state index contributed by atoms with van der Waals surface area (Å²) in [5.41, 5.74) is 12.3. The highest BCUT2D eigenvalue weighted by Crippen LogP contribution is 2.56. The van der Waals surface area contributed by atoms with Crippen LogP contribution in [0.3, 0.4) is 0 Å². The van der Waals surface area contributed by atoms with Crippen LogP contribution < -0.4 is 9.80 Å². The van der Waals surface area contributed by atoms with Gasteiger partial charge in [0.2, 0.25) is 0 Å². The van der Waals surface area contributed by atoms with Crippen LogP contribution in [0.4, 0.5) is 34.1 Å². The standard InChI is InChI=1S/C45H34N2/c1-3-14-37(15-4-1)46(43-19-9-12-34-11-7-8-18-41(34)43)39-27-23-32(24-28-39)33-25-29-40(30-26-33)47(38-16-5-2-6-17-38)44-20-10-13-35-21-22-36-31-42(36)45(35)44/h1-30,36,42H,31H2. The van der Waals surface area contributed by atoms with Crippen molar-refractivity contribution < 1.29 is 0 Å².